The van der Waals surface area contributed by atoms with Crippen molar-refractivity contribution in [2.45, 2.75) is 19.8 Å². The molecule has 0 unspecified atom stereocenters. The highest BCUT2D eigenvalue weighted by Crippen LogP contribution is 2.14. The van der Waals surface area contributed by atoms with Crippen LogP contribution < -0.4 is 10.6 Å². The van der Waals surface area contributed by atoms with E-state index in [-0.39, 0.29) is 0 Å². The molecular weight excluding hydrogens is 232 g/mol. The molecule has 0 aliphatic rings. The van der Waals surface area contributed by atoms with Crippen molar-refractivity contribution in [1.82, 2.24) is 5.32 Å². The van der Waals surface area contributed by atoms with Crippen molar-refractivity contribution in [3.63, 3.8) is 0 Å². The molecule has 0 amide bonds. The quantitative estimate of drug-likeness (QED) is 0.602. The molecule has 94 valence electrons. The fourth-order valence-electron chi connectivity index (χ4n) is 1.54. The number of benzene rings is 1. The molecular formula is C13H20N2OS. The smallest absolute Gasteiger partial charge is 0.170 e. The Bertz CT molecular complexity index is 355. The lowest BCUT2D eigenvalue weighted by atomic mass is 10.1. The molecule has 1 rings (SSSR count). The van der Waals surface area contributed by atoms with Gasteiger partial charge in [-0.25, -0.2) is 0 Å². The zero-order chi connectivity index (χ0) is 12.5. The number of methoxy groups -OCH3 is 1. The lowest BCUT2D eigenvalue weighted by Gasteiger charge is -2.13. The van der Waals surface area contributed by atoms with E-state index in [1.807, 2.05) is 18.2 Å². The molecule has 3 nitrogen and oxygen atoms in total. The summed E-state index contributed by atoms with van der Waals surface area (Å²) in [6.07, 6.45) is 1.95. The molecule has 0 aliphatic heterocycles. The van der Waals surface area contributed by atoms with Gasteiger partial charge >= 0.3 is 0 Å². The standard InChI is InChI=1S/C13H20N2OS/c1-3-11-7-4-5-8-12(11)15-13(17)14-9-6-10-16-2/h4-5,7-8H,3,6,9-10H2,1-2H3,(H2,14,15,17). The number of rotatable bonds is 6. The van der Waals surface area contributed by atoms with Gasteiger partial charge in [0, 0.05) is 25.9 Å². The van der Waals surface area contributed by atoms with Crippen LogP contribution in [0.25, 0.3) is 0 Å². The van der Waals surface area contributed by atoms with Crippen molar-refractivity contribution in [2.24, 2.45) is 0 Å². The third-order valence-corrected chi connectivity index (χ3v) is 2.70. The second-order valence-electron chi connectivity index (χ2n) is 3.74. The van der Waals surface area contributed by atoms with Gasteiger partial charge in [-0.1, -0.05) is 25.1 Å². The van der Waals surface area contributed by atoms with Gasteiger partial charge in [0.15, 0.2) is 5.11 Å². The van der Waals surface area contributed by atoms with Crippen molar-refractivity contribution in [2.75, 3.05) is 25.6 Å². The summed E-state index contributed by atoms with van der Waals surface area (Å²) >= 11 is 5.23. The van der Waals surface area contributed by atoms with E-state index in [0.29, 0.717) is 5.11 Å². The van der Waals surface area contributed by atoms with Gasteiger partial charge in [-0.2, -0.15) is 0 Å². The van der Waals surface area contributed by atoms with E-state index in [0.717, 1.165) is 31.7 Å². The summed E-state index contributed by atoms with van der Waals surface area (Å²) in [5, 5.41) is 7.04. The Morgan fingerprint density at radius 2 is 2.12 bits per heavy atom. The molecule has 0 aromatic heterocycles. The second-order valence-corrected chi connectivity index (χ2v) is 4.15. The van der Waals surface area contributed by atoms with E-state index in [9.17, 15) is 0 Å². The van der Waals surface area contributed by atoms with Gasteiger partial charge in [0.1, 0.15) is 0 Å². The number of anilines is 1. The van der Waals surface area contributed by atoms with Gasteiger partial charge < -0.3 is 15.4 Å². The minimum absolute atomic E-state index is 0.669. The molecule has 17 heavy (non-hydrogen) atoms. The summed E-state index contributed by atoms with van der Waals surface area (Å²) < 4.78 is 4.97. The second kappa shape index (κ2) is 8.03. The van der Waals surface area contributed by atoms with Crippen LogP contribution in [0.5, 0.6) is 0 Å². The first kappa shape index (κ1) is 13.9. The number of nitrogens with one attached hydrogen (secondary N) is 2. The molecule has 0 spiro atoms. The number of hydrogen-bond acceptors (Lipinski definition) is 2. The highest BCUT2D eigenvalue weighted by molar-refractivity contribution is 7.80. The van der Waals surface area contributed by atoms with Crippen molar-refractivity contribution < 1.29 is 4.74 Å². The van der Waals surface area contributed by atoms with Crippen LogP contribution in [-0.2, 0) is 11.2 Å². The molecule has 0 bridgehead atoms. The van der Waals surface area contributed by atoms with E-state index in [1.54, 1.807) is 7.11 Å². The molecule has 2 N–H and O–H groups in total. The van der Waals surface area contributed by atoms with Crippen LogP contribution in [0, 0.1) is 0 Å². The maximum atomic E-state index is 5.23. The lowest BCUT2D eigenvalue weighted by Crippen LogP contribution is -2.30. The van der Waals surface area contributed by atoms with E-state index in [4.69, 9.17) is 17.0 Å². The largest absolute Gasteiger partial charge is 0.385 e. The summed E-state index contributed by atoms with van der Waals surface area (Å²) in [4.78, 5) is 0. The Balaban J connectivity index is 2.39. The molecule has 0 saturated carbocycles. The maximum Gasteiger partial charge on any atom is 0.170 e. The summed E-state index contributed by atoms with van der Waals surface area (Å²) in [5.41, 5.74) is 2.35. The predicted octanol–water partition coefficient (Wildman–Crippen LogP) is 2.57. The first-order valence-electron chi connectivity index (χ1n) is 5.89. The Kier molecular flexibility index (Phi) is 6.58. The van der Waals surface area contributed by atoms with Crippen molar-refractivity contribution >= 4 is 23.0 Å². The fraction of sp³-hybridized carbons (Fsp3) is 0.462. The first-order chi connectivity index (χ1) is 8.27. The van der Waals surface area contributed by atoms with E-state index >= 15 is 0 Å². The third kappa shape index (κ3) is 5.15. The SMILES string of the molecule is CCc1ccccc1NC(=S)NCCCOC. The number of ether oxygens (including phenoxy) is 1. The fourth-order valence-corrected chi connectivity index (χ4v) is 1.75. The minimum Gasteiger partial charge on any atom is -0.385 e. The Morgan fingerprint density at radius 1 is 1.35 bits per heavy atom. The van der Waals surface area contributed by atoms with Crippen LogP contribution in [0.15, 0.2) is 24.3 Å². The van der Waals surface area contributed by atoms with E-state index in [1.165, 1.54) is 5.56 Å². The van der Waals surface area contributed by atoms with Gasteiger partial charge in [-0.05, 0) is 36.7 Å². The van der Waals surface area contributed by atoms with Crippen molar-refractivity contribution in [1.29, 1.82) is 0 Å². The molecule has 1 aromatic carbocycles. The van der Waals surface area contributed by atoms with Crippen molar-refractivity contribution in [3.05, 3.63) is 29.8 Å². The molecule has 0 heterocycles. The molecule has 4 heteroatoms. The van der Waals surface area contributed by atoms with E-state index < -0.39 is 0 Å². The van der Waals surface area contributed by atoms with Gasteiger partial charge in [0.25, 0.3) is 0 Å². The lowest BCUT2D eigenvalue weighted by molar-refractivity contribution is 0.196. The van der Waals surface area contributed by atoms with Crippen LogP contribution in [0.2, 0.25) is 0 Å². The number of hydrogen-bond donors (Lipinski definition) is 2. The van der Waals surface area contributed by atoms with Crippen LogP contribution >= 0.6 is 12.2 Å². The molecule has 0 atom stereocenters. The van der Waals surface area contributed by atoms with Crippen LogP contribution in [0.3, 0.4) is 0 Å². The Hall–Kier alpha value is -1.13. The maximum absolute atomic E-state index is 5.23. The van der Waals surface area contributed by atoms with E-state index in [2.05, 4.69) is 23.6 Å². The third-order valence-electron chi connectivity index (χ3n) is 2.46. The molecule has 0 radical (unpaired) electrons. The zero-order valence-electron chi connectivity index (χ0n) is 10.5. The van der Waals surface area contributed by atoms with Gasteiger partial charge in [-0.3, -0.25) is 0 Å². The molecule has 0 saturated heterocycles. The number of thiocarbonyl (C=S) groups is 1. The number of para-hydroxylation sites is 1. The van der Waals surface area contributed by atoms with Crippen LogP contribution in [0.4, 0.5) is 5.69 Å². The average Bonchev–Trinajstić information content (AvgIpc) is 2.35. The first-order valence-corrected chi connectivity index (χ1v) is 6.30. The minimum atomic E-state index is 0.669. The highest BCUT2D eigenvalue weighted by atomic mass is 32.1. The van der Waals surface area contributed by atoms with Crippen LogP contribution in [-0.4, -0.2) is 25.4 Å². The topological polar surface area (TPSA) is 33.3 Å². The summed E-state index contributed by atoms with van der Waals surface area (Å²) in [6.45, 7) is 3.71. The Labute approximate surface area is 109 Å². The average molecular weight is 252 g/mol. The van der Waals surface area contributed by atoms with Crippen LogP contribution in [0.1, 0.15) is 18.9 Å². The molecule has 0 aliphatic carbocycles. The summed E-state index contributed by atoms with van der Waals surface area (Å²) in [7, 11) is 1.70. The van der Waals surface area contributed by atoms with Gasteiger partial charge in [0.05, 0.1) is 0 Å². The number of aryl methyl sites for hydroxylation is 1. The molecule has 1 aromatic rings. The van der Waals surface area contributed by atoms with Gasteiger partial charge in [0.2, 0.25) is 0 Å². The monoisotopic (exact) mass is 252 g/mol. The highest BCUT2D eigenvalue weighted by Gasteiger charge is 2.01. The predicted molar refractivity (Wildman–Crippen MR) is 76.5 cm³/mol. The summed E-state index contributed by atoms with van der Waals surface area (Å²) in [6, 6.07) is 8.20. The van der Waals surface area contributed by atoms with Crippen molar-refractivity contribution in [3.8, 4) is 0 Å². The molecule has 0 fully saturated rings. The normalized spacial score (nSPS) is 10.0. The van der Waals surface area contributed by atoms with Gasteiger partial charge in [-0.15, -0.1) is 0 Å². The Morgan fingerprint density at radius 3 is 2.82 bits per heavy atom. The summed E-state index contributed by atoms with van der Waals surface area (Å²) in [5.74, 6) is 0. The zero-order valence-corrected chi connectivity index (χ0v) is 11.3.